The summed E-state index contributed by atoms with van der Waals surface area (Å²) in [7, 11) is 0. The zero-order chi connectivity index (χ0) is 18.2. The molecule has 0 aliphatic heterocycles. The van der Waals surface area contributed by atoms with Crippen molar-refractivity contribution < 1.29 is 14.6 Å². The number of phenolic OH excluding ortho intramolecular Hbond substituents is 1. The number of aromatic hydroxyl groups is 1. The van der Waals surface area contributed by atoms with Crippen LogP contribution in [0.5, 0.6) is 11.5 Å². The second kappa shape index (κ2) is 8.55. The molecule has 128 valence electrons. The highest BCUT2D eigenvalue weighted by Gasteiger charge is 2.14. The van der Waals surface area contributed by atoms with Crippen LogP contribution in [0.25, 0.3) is 6.08 Å². The molecule has 2 aromatic carbocycles. The normalized spacial score (nSPS) is 12.1. The monoisotopic (exact) mass is 336 g/mol. The van der Waals surface area contributed by atoms with Crippen molar-refractivity contribution in [2.45, 2.75) is 19.9 Å². The summed E-state index contributed by atoms with van der Waals surface area (Å²) >= 11 is 0. The molecule has 0 unspecified atom stereocenters. The quantitative estimate of drug-likeness (QED) is 0.624. The van der Waals surface area contributed by atoms with E-state index in [1.165, 1.54) is 12.1 Å². The fourth-order valence-corrected chi connectivity index (χ4v) is 2.31. The van der Waals surface area contributed by atoms with Crippen LogP contribution < -0.4 is 10.1 Å². The summed E-state index contributed by atoms with van der Waals surface area (Å²) in [6.07, 6.45) is 1.47. The maximum absolute atomic E-state index is 12.4. The first-order valence-corrected chi connectivity index (χ1v) is 7.98. The number of benzene rings is 2. The summed E-state index contributed by atoms with van der Waals surface area (Å²) in [5, 5.41) is 21.8. The summed E-state index contributed by atoms with van der Waals surface area (Å²) < 4.78 is 5.31. The van der Waals surface area contributed by atoms with Crippen LogP contribution in [0.15, 0.2) is 54.1 Å². The molecule has 0 spiro atoms. The molecule has 0 aromatic heterocycles. The summed E-state index contributed by atoms with van der Waals surface area (Å²) in [4.78, 5) is 12.4. The van der Waals surface area contributed by atoms with E-state index < -0.39 is 5.91 Å². The van der Waals surface area contributed by atoms with Crippen molar-refractivity contribution in [3.63, 3.8) is 0 Å². The van der Waals surface area contributed by atoms with Gasteiger partial charge in [0.1, 0.15) is 11.6 Å². The maximum atomic E-state index is 12.4. The Morgan fingerprint density at radius 1 is 1.32 bits per heavy atom. The Morgan fingerprint density at radius 3 is 2.68 bits per heavy atom. The second-order valence-electron chi connectivity index (χ2n) is 5.44. The molecule has 2 aromatic rings. The Labute approximate surface area is 147 Å². The zero-order valence-electron chi connectivity index (χ0n) is 14.2. The smallest absolute Gasteiger partial charge is 0.262 e. The summed E-state index contributed by atoms with van der Waals surface area (Å²) in [6, 6.07) is 15.9. The maximum Gasteiger partial charge on any atom is 0.262 e. The lowest BCUT2D eigenvalue weighted by Crippen LogP contribution is -2.27. The summed E-state index contributed by atoms with van der Waals surface area (Å²) in [6.45, 7) is 4.07. The Morgan fingerprint density at radius 2 is 2.04 bits per heavy atom. The number of carbonyl (C=O) groups excluding carboxylic acids is 1. The Hall–Kier alpha value is -3.26. The first kappa shape index (κ1) is 18.1. The molecular weight excluding hydrogens is 316 g/mol. The molecule has 2 N–H and O–H groups in total. The molecule has 2 rings (SSSR count). The number of carbonyl (C=O) groups is 1. The molecule has 0 radical (unpaired) electrons. The summed E-state index contributed by atoms with van der Waals surface area (Å²) in [5.41, 5.74) is 1.53. The van der Waals surface area contributed by atoms with E-state index in [-0.39, 0.29) is 17.4 Å². The van der Waals surface area contributed by atoms with Gasteiger partial charge in [0.2, 0.25) is 0 Å². The van der Waals surface area contributed by atoms with Gasteiger partial charge in [0, 0.05) is 0 Å². The molecule has 0 saturated heterocycles. The predicted molar refractivity (Wildman–Crippen MR) is 95.9 cm³/mol. The number of ether oxygens (including phenoxy) is 1. The third-order valence-electron chi connectivity index (χ3n) is 3.61. The van der Waals surface area contributed by atoms with Crippen LogP contribution in [0.1, 0.15) is 31.0 Å². The van der Waals surface area contributed by atoms with Crippen LogP contribution in [0.3, 0.4) is 0 Å². The van der Waals surface area contributed by atoms with Gasteiger partial charge < -0.3 is 15.2 Å². The molecule has 25 heavy (non-hydrogen) atoms. The molecule has 0 bridgehead atoms. The van der Waals surface area contributed by atoms with Crippen molar-refractivity contribution in [2.75, 3.05) is 6.61 Å². The highest BCUT2D eigenvalue weighted by atomic mass is 16.5. The van der Waals surface area contributed by atoms with E-state index in [0.717, 1.165) is 5.56 Å². The lowest BCUT2D eigenvalue weighted by molar-refractivity contribution is -0.117. The number of hydrogen-bond donors (Lipinski definition) is 2. The minimum Gasteiger partial charge on any atom is -0.504 e. The lowest BCUT2D eigenvalue weighted by atomic mass is 10.1. The van der Waals surface area contributed by atoms with Crippen LogP contribution in [0, 0.1) is 11.3 Å². The number of amides is 1. The Bertz CT molecular complexity index is 807. The molecule has 0 heterocycles. The largest absolute Gasteiger partial charge is 0.504 e. The van der Waals surface area contributed by atoms with Crippen LogP contribution >= 0.6 is 0 Å². The molecule has 1 atom stereocenters. The number of rotatable bonds is 6. The second-order valence-corrected chi connectivity index (χ2v) is 5.44. The molecular formula is C20H20N2O3. The first-order valence-electron chi connectivity index (χ1n) is 7.98. The minimum atomic E-state index is -0.454. The van der Waals surface area contributed by atoms with Gasteiger partial charge in [-0.2, -0.15) is 5.26 Å². The molecule has 0 aliphatic carbocycles. The Kier molecular flexibility index (Phi) is 6.19. The lowest BCUT2D eigenvalue weighted by Gasteiger charge is -2.13. The van der Waals surface area contributed by atoms with E-state index in [0.29, 0.717) is 17.9 Å². The van der Waals surface area contributed by atoms with Gasteiger partial charge in [0.05, 0.1) is 12.6 Å². The van der Waals surface area contributed by atoms with Gasteiger partial charge in [0.25, 0.3) is 5.91 Å². The molecule has 5 nitrogen and oxygen atoms in total. The highest BCUT2D eigenvalue weighted by Crippen LogP contribution is 2.27. The highest BCUT2D eigenvalue weighted by molar-refractivity contribution is 6.01. The van der Waals surface area contributed by atoms with Gasteiger partial charge in [0.15, 0.2) is 11.5 Å². The Balaban J connectivity index is 2.18. The number of nitrogens with one attached hydrogen (secondary N) is 1. The molecule has 5 heteroatoms. The van der Waals surface area contributed by atoms with Crippen molar-refractivity contribution in [1.29, 1.82) is 5.26 Å². The van der Waals surface area contributed by atoms with Crippen LogP contribution in [0.4, 0.5) is 0 Å². The van der Waals surface area contributed by atoms with E-state index in [2.05, 4.69) is 5.32 Å². The summed E-state index contributed by atoms with van der Waals surface area (Å²) in [5.74, 6) is -0.129. The number of nitriles is 1. The van der Waals surface area contributed by atoms with Gasteiger partial charge in [-0.05, 0) is 43.2 Å². The van der Waals surface area contributed by atoms with Gasteiger partial charge >= 0.3 is 0 Å². The molecule has 1 amide bonds. The first-order chi connectivity index (χ1) is 12.0. The third kappa shape index (κ3) is 4.85. The zero-order valence-corrected chi connectivity index (χ0v) is 14.2. The van der Waals surface area contributed by atoms with Crippen molar-refractivity contribution in [3.05, 3.63) is 65.2 Å². The van der Waals surface area contributed by atoms with Gasteiger partial charge in [-0.3, -0.25) is 4.79 Å². The van der Waals surface area contributed by atoms with Gasteiger partial charge in [-0.15, -0.1) is 0 Å². The average molecular weight is 336 g/mol. The number of hydrogen-bond acceptors (Lipinski definition) is 4. The van der Waals surface area contributed by atoms with Gasteiger partial charge in [-0.25, -0.2) is 0 Å². The number of nitrogens with zero attached hydrogens (tertiary/aromatic N) is 1. The van der Waals surface area contributed by atoms with Crippen LogP contribution in [0.2, 0.25) is 0 Å². The van der Waals surface area contributed by atoms with Gasteiger partial charge in [-0.1, -0.05) is 36.4 Å². The van der Waals surface area contributed by atoms with Crippen molar-refractivity contribution in [2.24, 2.45) is 0 Å². The van der Waals surface area contributed by atoms with E-state index in [1.54, 1.807) is 19.1 Å². The van der Waals surface area contributed by atoms with E-state index >= 15 is 0 Å². The molecule has 0 saturated carbocycles. The standard InChI is InChI=1S/C20H20N2O3/c1-3-25-19-12-15(9-10-18(19)23)11-17(13-21)20(24)22-14(2)16-7-5-4-6-8-16/h4-12,14,23H,3H2,1-2H3,(H,22,24)/b17-11+/t14-/m0/s1. The number of phenols is 1. The SMILES string of the molecule is CCOc1cc(/C=C(\C#N)C(=O)N[C@@H](C)c2ccccc2)ccc1O. The van der Waals surface area contributed by atoms with Crippen molar-refractivity contribution in [3.8, 4) is 17.6 Å². The fourth-order valence-electron chi connectivity index (χ4n) is 2.31. The van der Waals surface area contributed by atoms with E-state index in [9.17, 15) is 15.2 Å². The van der Waals surface area contributed by atoms with Crippen LogP contribution in [-0.2, 0) is 4.79 Å². The minimum absolute atomic E-state index is 0.0136. The third-order valence-corrected chi connectivity index (χ3v) is 3.61. The predicted octanol–water partition coefficient (Wildman–Crippen LogP) is 3.58. The molecule has 0 aliphatic rings. The van der Waals surface area contributed by atoms with Crippen molar-refractivity contribution in [1.82, 2.24) is 5.32 Å². The van der Waals surface area contributed by atoms with E-state index in [1.807, 2.05) is 43.3 Å². The van der Waals surface area contributed by atoms with E-state index in [4.69, 9.17) is 4.74 Å². The fraction of sp³-hybridized carbons (Fsp3) is 0.200. The average Bonchev–Trinajstić information content (AvgIpc) is 2.63. The van der Waals surface area contributed by atoms with Crippen molar-refractivity contribution >= 4 is 12.0 Å². The molecule has 0 fully saturated rings. The topological polar surface area (TPSA) is 82.3 Å². The van der Waals surface area contributed by atoms with Crippen LogP contribution in [-0.4, -0.2) is 17.6 Å².